The SMILES string of the molecule is CCNC(CC)CCCN1CCC(OC)CC1. The first-order valence-corrected chi connectivity index (χ1v) is 7.28. The molecule has 0 aliphatic carbocycles. The Balaban J connectivity index is 2.06. The molecule has 0 aromatic rings. The minimum Gasteiger partial charge on any atom is -0.381 e. The van der Waals surface area contributed by atoms with Crippen LogP contribution in [0.3, 0.4) is 0 Å². The highest BCUT2D eigenvalue weighted by molar-refractivity contribution is 4.73. The van der Waals surface area contributed by atoms with Crippen LogP contribution in [0.15, 0.2) is 0 Å². The highest BCUT2D eigenvalue weighted by atomic mass is 16.5. The van der Waals surface area contributed by atoms with Crippen molar-refractivity contribution in [2.75, 3.05) is 33.3 Å². The van der Waals surface area contributed by atoms with E-state index in [1.807, 2.05) is 7.11 Å². The van der Waals surface area contributed by atoms with Gasteiger partial charge in [0.15, 0.2) is 0 Å². The van der Waals surface area contributed by atoms with Gasteiger partial charge in [0.2, 0.25) is 0 Å². The third kappa shape index (κ3) is 5.84. The van der Waals surface area contributed by atoms with Crippen LogP contribution in [0.25, 0.3) is 0 Å². The zero-order chi connectivity index (χ0) is 12.5. The summed E-state index contributed by atoms with van der Waals surface area (Å²) in [7, 11) is 1.84. The molecule has 0 bridgehead atoms. The molecule has 1 rings (SSSR count). The molecule has 102 valence electrons. The topological polar surface area (TPSA) is 24.5 Å². The summed E-state index contributed by atoms with van der Waals surface area (Å²) in [5.41, 5.74) is 0. The molecule has 1 aliphatic heterocycles. The van der Waals surface area contributed by atoms with Crippen molar-refractivity contribution in [3.8, 4) is 0 Å². The Bertz CT molecular complexity index is 179. The Kier molecular flexibility index (Phi) is 7.82. The number of likely N-dealkylation sites (tertiary alicyclic amines) is 1. The van der Waals surface area contributed by atoms with Gasteiger partial charge in [-0.3, -0.25) is 0 Å². The van der Waals surface area contributed by atoms with E-state index in [1.165, 1.54) is 51.7 Å². The van der Waals surface area contributed by atoms with Crippen molar-refractivity contribution in [1.29, 1.82) is 0 Å². The number of hydrogen-bond donors (Lipinski definition) is 1. The van der Waals surface area contributed by atoms with Crippen LogP contribution in [0, 0.1) is 0 Å². The molecule has 1 saturated heterocycles. The molecule has 0 aromatic carbocycles. The second-order valence-electron chi connectivity index (χ2n) is 5.08. The number of nitrogens with one attached hydrogen (secondary N) is 1. The molecule has 0 amide bonds. The van der Waals surface area contributed by atoms with E-state index in [-0.39, 0.29) is 0 Å². The molecule has 3 nitrogen and oxygen atoms in total. The summed E-state index contributed by atoms with van der Waals surface area (Å²) >= 11 is 0. The lowest BCUT2D eigenvalue weighted by atomic mass is 10.1. The maximum absolute atomic E-state index is 5.39. The lowest BCUT2D eigenvalue weighted by Crippen LogP contribution is -2.37. The standard InChI is InChI=1S/C14H30N2O/c1-4-13(15-5-2)7-6-10-16-11-8-14(17-3)9-12-16/h13-15H,4-12H2,1-3H3. The van der Waals surface area contributed by atoms with Gasteiger partial charge >= 0.3 is 0 Å². The van der Waals surface area contributed by atoms with Gasteiger partial charge in [-0.2, -0.15) is 0 Å². The van der Waals surface area contributed by atoms with Crippen molar-refractivity contribution >= 4 is 0 Å². The number of ether oxygens (including phenoxy) is 1. The number of methoxy groups -OCH3 is 1. The van der Waals surface area contributed by atoms with E-state index in [0.717, 1.165) is 12.6 Å². The van der Waals surface area contributed by atoms with Crippen molar-refractivity contribution in [2.24, 2.45) is 0 Å². The third-order valence-electron chi connectivity index (χ3n) is 3.88. The van der Waals surface area contributed by atoms with Crippen molar-refractivity contribution in [1.82, 2.24) is 10.2 Å². The maximum Gasteiger partial charge on any atom is 0.0595 e. The van der Waals surface area contributed by atoms with Gasteiger partial charge in [0.1, 0.15) is 0 Å². The first kappa shape index (κ1) is 14.9. The second-order valence-corrected chi connectivity index (χ2v) is 5.08. The average Bonchev–Trinajstić information content (AvgIpc) is 2.38. The van der Waals surface area contributed by atoms with Gasteiger partial charge in [0.25, 0.3) is 0 Å². The van der Waals surface area contributed by atoms with Crippen LogP contribution in [-0.4, -0.2) is 50.3 Å². The van der Waals surface area contributed by atoms with E-state index in [4.69, 9.17) is 4.74 Å². The van der Waals surface area contributed by atoms with Crippen molar-refractivity contribution in [3.63, 3.8) is 0 Å². The van der Waals surface area contributed by atoms with E-state index < -0.39 is 0 Å². The molecular weight excluding hydrogens is 212 g/mol. The fraction of sp³-hybridized carbons (Fsp3) is 1.00. The van der Waals surface area contributed by atoms with Crippen molar-refractivity contribution in [2.45, 2.75) is 58.1 Å². The van der Waals surface area contributed by atoms with Crippen LogP contribution >= 0.6 is 0 Å². The van der Waals surface area contributed by atoms with E-state index in [9.17, 15) is 0 Å². The maximum atomic E-state index is 5.39. The molecule has 1 fully saturated rings. The molecule has 1 unspecified atom stereocenters. The molecule has 1 atom stereocenters. The van der Waals surface area contributed by atoms with Gasteiger partial charge in [-0.1, -0.05) is 13.8 Å². The largest absolute Gasteiger partial charge is 0.381 e. The highest BCUT2D eigenvalue weighted by Crippen LogP contribution is 2.13. The first-order valence-electron chi connectivity index (χ1n) is 7.28. The molecule has 17 heavy (non-hydrogen) atoms. The molecule has 1 heterocycles. The van der Waals surface area contributed by atoms with Gasteiger partial charge in [-0.05, 0) is 45.2 Å². The highest BCUT2D eigenvalue weighted by Gasteiger charge is 2.18. The number of nitrogens with zero attached hydrogens (tertiary/aromatic N) is 1. The minimum absolute atomic E-state index is 0.511. The van der Waals surface area contributed by atoms with Crippen LogP contribution in [-0.2, 0) is 4.74 Å². The smallest absolute Gasteiger partial charge is 0.0595 e. The monoisotopic (exact) mass is 242 g/mol. The lowest BCUT2D eigenvalue weighted by Gasteiger charge is -2.31. The fourth-order valence-corrected chi connectivity index (χ4v) is 2.67. The number of hydrogen-bond acceptors (Lipinski definition) is 3. The summed E-state index contributed by atoms with van der Waals surface area (Å²) in [4.78, 5) is 2.59. The van der Waals surface area contributed by atoms with Crippen LogP contribution in [0.5, 0.6) is 0 Å². The van der Waals surface area contributed by atoms with Gasteiger partial charge in [-0.15, -0.1) is 0 Å². The Labute approximate surface area is 107 Å². The summed E-state index contributed by atoms with van der Waals surface area (Å²) in [5.74, 6) is 0. The predicted molar refractivity (Wildman–Crippen MR) is 73.5 cm³/mol. The summed E-state index contributed by atoms with van der Waals surface area (Å²) in [6.45, 7) is 9.26. The molecule has 0 radical (unpaired) electrons. The lowest BCUT2D eigenvalue weighted by molar-refractivity contribution is 0.0405. The third-order valence-corrected chi connectivity index (χ3v) is 3.88. The Morgan fingerprint density at radius 2 is 2.00 bits per heavy atom. The zero-order valence-electron chi connectivity index (χ0n) is 11.9. The Morgan fingerprint density at radius 1 is 1.29 bits per heavy atom. The normalized spacial score (nSPS) is 20.6. The van der Waals surface area contributed by atoms with Crippen LogP contribution in [0.2, 0.25) is 0 Å². The molecule has 0 aromatic heterocycles. The average molecular weight is 242 g/mol. The summed E-state index contributed by atoms with van der Waals surface area (Å²) in [5, 5.41) is 3.55. The quantitative estimate of drug-likeness (QED) is 0.706. The van der Waals surface area contributed by atoms with Crippen LogP contribution < -0.4 is 5.32 Å². The second kappa shape index (κ2) is 8.90. The first-order chi connectivity index (χ1) is 8.30. The van der Waals surface area contributed by atoms with E-state index in [0.29, 0.717) is 6.10 Å². The van der Waals surface area contributed by atoms with Gasteiger partial charge in [0.05, 0.1) is 6.10 Å². The molecular formula is C14H30N2O. The number of piperidine rings is 1. The summed E-state index contributed by atoms with van der Waals surface area (Å²) in [6, 6.07) is 0.719. The summed E-state index contributed by atoms with van der Waals surface area (Å²) < 4.78 is 5.39. The predicted octanol–water partition coefficient (Wildman–Crippen LogP) is 2.27. The fourth-order valence-electron chi connectivity index (χ4n) is 2.67. The van der Waals surface area contributed by atoms with Crippen LogP contribution in [0.4, 0.5) is 0 Å². The van der Waals surface area contributed by atoms with E-state index in [1.54, 1.807) is 0 Å². The van der Waals surface area contributed by atoms with Gasteiger partial charge in [0, 0.05) is 26.2 Å². The molecule has 3 heteroatoms. The van der Waals surface area contributed by atoms with E-state index >= 15 is 0 Å². The zero-order valence-corrected chi connectivity index (χ0v) is 11.9. The molecule has 1 N–H and O–H groups in total. The Morgan fingerprint density at radius 3 is 2.53 bits per heavy atom. The van der Waals surface area contributed by atoms with Gasteiger partial charge in [-0.25, -0.2) is 0 Å². The Hall–Kier alpha value is -0.120. The summed E-state index contributed by atoms with van der Waals surface area (Å²) in [6.07, 6.45) is 6.82. The molecule has 0 spiro atoms. The van der Waals surface area contributed by atoms with Crippen molar-refractivity contribution < 1.29 is 4.74 Å². The molecule has 1 aliphatic rings. The van der Waals surface area contributed by atoms with E-state index in [2.05, 4.69) is 24.1 Å². The minimum atomic E-state index is 0.511. The number of rotatable bonds is 8. The molecule has 0 saturated carbocycles. The van der Waals surface area contributed by atoms with Crippen molar-refractivity contribution in [3.05, 3.63) is 0 Å². The van der Waals surface area contributed by atoms with Gasteiger partial charge < -0.3 is 15.0 Å². The van der Waals surface area contributed by atoms with Crippen LogP contribution in [0.1, 0.15) is 46.0 Å².